The number of amides is 1. The molecule has 0 aliphatic carbocycles. The molecule has 1 unspecified atom stereocenters. The van der Waals surface area contributed by atoms with E-state index in [9.17, 15) is 4.79 Å². The average Bonchev–Trinajstić information content (AvgIpc) is 2.83. The number of rotatable bonds is 2. The van der Waals surface area contributed by atoms with Crippen LogP contribution >= 0.6 is 11.3 Å². The van der Waals surface area contributed by atoms with E-state index in [2.05, 4.69) is 18.8 Å². The van der Waals surface area contributed by atoms with Gasteiger partial charge in [0.25, 0.3) is 5.91 Å². The van der Waals surface area contributed by atoms with E-state index in [0.717, 1.165) is 24.5 Å². The first-order valence-electron chi connectivity index (χ1n) is 5.89. The summed E-state index contributed by atoms with van der Waals surface area (Å²) >= 11 is 1.46. The van der Waals surface area contributed by atoms with Crippen LogP contribution in [0.5, 0.6) is 0 Å². The molecule has 2 N–H and O–H groups in total. The molecule has 1 amide bonds. The van der Waals surface area contributed by atoms with Crippen LogP contribution in [0.15, 0.2) is 5.38 Å². The van der Waals surface area contributed by atoms with E-state index in [1.165, 1.54) is 11.3 Å². The molecule has 17 heavy (non-hydrogen) atoms. The van der Waals surface area contributed by atoms with Gasteiger partial charge in [0, 0.05) is 18.5 Å². The molecular weight excluding hydrogens is 234 g/mol. The molecule has 1 aliphatic rings. The van der Waals surface area contributed by atoms with Gasteiger partial charge in [0.15, 0.2) is 0 Å². The van der Waals surface area contributed by atoms with Gasteiger partial charge in [-0.15, -0.1) is 11.3 Å². The van der Waals surface area contributed by atoms with E-state index >= 15 is 0 Å². The molecule has 1 fully saturated rings. The number of carbonyl (C=O) groups excluding carboxylic acids is 1. The SMILES string of the molecule is CC(N)c1nc(C(=O)N2CCC(C)(C)C2)cs1. The number of nitrogens with zero attached hydrogens (tertiary/aromatic N) is 2. The smallest absolute Gasteiger partial charge is 0.273 e. The molecule has 0 saturated carbocycles. The summed E-state index contributed by atoms with van der Waals surface area (Å²) in [6.07, 6.45) is 1.06. The van der Waals surface area contributed by atoms with Crippen molar-refractivity contribution in [3.63, 3.8) is 0 Å². The third-order valence-corrected chi connectivity index (χ3v) is 4.14. The van der Waals surface area contributed by atoms with Gasteiger partial charge >= 0.3 is 0 Å². The molecule has 2 heterocycles. The van der Waals surface area contributed by atoms with Gasteiger partial charge in [0.2, 0.25) is 0 Å². The molecule has 2 rings (SSSR count). The Balaban J connectivity index is 2.10. The van der Waals surface area contributed by atoms with Crippen molar-refractivity contribution in [2.24, 2.45) is 11.1 Å². The van der Waals surface area contributed by atoms with Crippen LogP contribution in [-0.2, 0) is 0 Å². The number of carbonyl (C=O) groups is 1. The molecule has 1 atom stereocenters. The second-order valence-electron chi connectivity index (χ2n) is 5.50. The summed E-state index contributed by atoms with van der Waals surface area (Å²) < 4.78 is 0. The molecule has 5 heteroatoms. The van der Waals surface area contributed by atoms with E-state index in [-0.39, 0.29) is 17.4 Å². The van der Waals surface area contributed by atoms with Gasteiger partial charge in [-0.1, -0.05) is 13.8 Å². The van der Waals surface area contributed by atoms with Crippen LogP contribution in [0, 0.1) is 5.41 Å². The number of nitrogens with two attached hydrogens (primary N) is 1. The van der Waals surface area contributed by atoms with Crippen LogP contribution in [0.1, 0.15) is 48.7 Å². The number of hydrogen-bond acceptors (Lipinski definition) is 4. The van der Waals surface area contributed by atoms with Crippen molar-refractivity contribution >= 4 is 17.2 Å². The summed E-state index contributed by atoms with van der Waals surface area (Å²) in [7, 11) is 0. The molecule has 1 aromatic rings. The minimum atomic E-state index is -0.100. The second-order valence-corrected chi connectivity index (χ2v) is 6.39. The van der Waals surface area contributed by atoms with E-state index < -0.39 is 0 Å². The standard InChI is InChI=1S/C12H19N3OS/c1-8(13)10-14-9(6-17-10)11(16)15-5-4-12(2,3)7-15/h6,8H,4-5,7,13H2,1-3H3. The van der Waals surface area contributed by atoms with Crippen LogP contribution in [0.4, 0.5) is 0 Å². The Hall–Kier alpha value is -0.940. The van der Waals surface area contributed by atoms with Crippen molar-refractivity contribution in [3.8, 4) is 0 Å². The number of likely N-dealkylation sites (tertiary alicyclic amines) is 1. The maximum atomic E-state index is 12.2. The Labute approximate surface area is 106 Å². The van der Waals surface area contributed by atoms with E-state index in [4.69, 9.17) is 5.73 Å². The first-order chi connectivity index (χ1) is 7.89. The minimum Gasteiger partial charge on any atom is -0.337 e. The largest absolute Gasteiger partial charge is 0.337 e. The van der Waals surface area contributed by atoms with Crippen LogP contribution in [-0.4, -0.2) is 28.9 Å². The van der Waals surface area contributed by atoms with E-state index in [1.807, 2.05) is 17.2 Å². The normalized spacial score (nSPS) is 20.6. The van der Waals surface area contributed by atoms with Crippen molar-refractivity contribution in [2.75, 3.05) is 13.1 Å². The highest BCUT2D eigenvalue weighted by Crippen LogP contribution is 2.30. The lowest BCUT2D eigenvalue weighted by atomic mass is 9.93. The lowest BCUT2D eigenvalue weighted by Gasteiger charge is -2.18. The number of aromatic nitrogens is 1. The fraction of sp³-hybridized carbons (Fsp3) is 0.667. The first kappa shape index (κ1) is 12.5. The van der Waals surface area contributed by atoms with Crippen molar-refractivity contribution in [1.29, 1.82) is 0 Å². The number of thiazole rings is 1. The van der Waals surface area contributed by atoms with Gasteiger partial charge < -0.3 is 10.6 Å². The summed E-state index contributed by atoms with van der Waals surface area (Å²) in [6, 6.07) is -0.100. The maximum absolute atomic E-state index is 12.2. The highest BCUT2D eigenvalue weighted by molar-refractivity contribution is 7.09. The zero-order chi connectivity index (χ0) is 12.6. The van der Waals surface area contributed by atoms with Crippen LogP contribution in [0.2, 0.25) is 0 Å². The molecular formula is C12H19N3OS. The Bertz CT molecular complexity index is 425. The molecule has 0 radical (unpaired) electrons. The zero-order valence-electron chi connectivity index (χ0n) is 10.6. The first-order valence-corrected chi connectivity index (χ1v) is 6.77. The maximum Gasteiger partial charge on any atom is 0.273 e. The Morgan fingerprint density at radius 1 is 1.65 bits per heavy atom. The van der Waals surface area contributed by atoms with Gasteiger partial charge in [0.05, 0.1) is 6.04 Å². The van der Waals surface area contributed by atoms with Crippen molar-refractivity contribution in [3.05, 3.63) is 16.1 Å². The van der Waals surface area contributed by atoms with Crippen molar-refractivity contribution < 1.29 is 4.79 Å². The van der Waals surface area contributed by atoms with Crippen LogP contribution < -0.4 is 5.73 Å². The van der Waals surface area contributed by atoms with Gasteiger partial charge in [-0.05, 0) is 18.8 Å². The van der Waals surface area contributed by atoms with Gasteiger partial charge in [0.1, 0.15) is 10.7 Å². The van der Waals surface area contributed by atoms with Crippen molar-refractivity contribution in [2.45, 2.75) is 33.2 Å². The fourth-order valence-electron chi connectivity index (χ4n) is 2.04. The Morgan fingerprint density at radius 2 is 2.35 bits per heavy atom. The molecule has 0 bridgehead atoms. The van der Waals surface area contributed by atoms with E-state index in [1.54, 1.807) is 0 Å². The average molecular weight is 253 g/mol. The summed E-state index contributed by atoms with van der Waals surface area (Å²) in [5, 5.41) is 2.64. The van der Waals surface area contributed by atoms with Crippen LogP contribution in [0.25, 0.3) is 0 Å². The Morgan fingerprint density at radius 3 is 2.82 bits per heavy atom. The lowest BCUT2D eigenvalue weighted by Crippen LogP contribution is -2.30. The minimum absolute atomic E-state index is 0.0405. The highest BCUT2D eigenvalue weighted by Gasteiger charge is 2.33. The van der Waals surface area contributed by atoms with Gasteiger partial charge in [-0.3, -0.25) is 4.79 Å². The van der Waals surface area contributed by atoms with Gasteiger partial charge in [-0.25, -0.2) is 4.98 Å². The monoisotopic (exact) mass is 253 g/mol. The summed E-state index contributed by atoms with van der Waals surface area (Å²) in [6.45, 7) is 7.91. The molecule has 0 spiro atoms. The molecule has 94 valence electrons. The molecule has 1 saturated heterocycles. The predicted molar refractivity (Wildman–Crippen MR) is 69.0 cm³/mol. The predicted octanol–water partition coefficient (Wildman–Crippen LogP) is 2.03. The summed E-state index contributed by atoms with van der Waals surface area (Å²) in [4.78, 5) is 18.4. The fourth-order valence-corrected chi connectivity index (χ4v) is 2.79. The van der Waals surface area contributed by atoms with E-state index in [0.29, 0.717) is 5.69 Å². The molecule has 1 aromatic heterocycles. The topological polar surface area (TPSA) is 59.2 Å². The van der Waals surface area contributed by atoms with Gasteiger partial charge in [-0.2, -0.15) is 0 Å². The van der Waals surface area contributed by atoms with Crippen molar-refractivity contribution in [1.82, 2.24) is 9.88 Å². The second kappa shape index (κ2) is 4.38. The third kappa shape index (κ3) is 2.66. The summed E-state index contributed by atoms with van der Waals surface area (Å²) in [5.41, 5.74) is 6.52. The molecule has 0 aromatic carbocycles. The quantitative estimate of drug-likeness (QED) is 0.877. The zero-order valence-corrected chi connectivity index (χ0v) is 11.4. The lowest BCUT2D eigenvalue weighted by molar-refractivity contribution is 0.0773. The Kier molecular flexibility index (Phi) is 3.23. The highest BCUT2D eigenvalue weighted by atomic mass is 32.1. The molecule has 4 nitrogen and oxygen atoms in total. The number of hydrogen-bond donors (Lipinski definition) is 1. The third-order valence-electron chi connectivity index (χ3n) is 3.10. The summed E-state index contributed by atoms with van der Waals surface area (Å²) in [5.74, 6) is 0.0405. The molecule has 1 aliphatic heterocycles. The van der Waals surface area contributed by atoms with Crippen LogP contribution in [0.3, 0.4) is 0 Å².